The van der Waals surface area contributed by atoms with E-state index in [1.165, 1.54) is 0 Å². The van der Waals surface area contributed by atoms with Crippen LogP contribution < -0.4 is 5.32 Å². The number of rotatable bonds is 6. The van der Waals surface area contributed by atoms with Crippen LogP contribution in [0.3, 0.4) is 0 Å². The Morgan fingerprint density at radius 2 is 2.04 bits per heavy atom. The molecule has 0 aromatic carbocycles. The molecule has 1 fully saturated rings. The molecular formula is C18H23N5O2. The van der Waals surface area contributed by atoms with E-state index in [9.17, 15) is 9.59 Å². The fraction of sp³-hybridized carbons (Fsp3) is 0.444. The molecule has 132 valence electrons. The van der Waals surface area contributed by atoms with Crippen molar-refractivity contribution in [3.05, 3.63) is 48.0 Å². The van der Waals surface area contributed by atoms with Gasteiger partial charge in [0.2, 0.25) is 5.91 Å². The third-order valence-electron chi connectivity index (χ3n) is 4.52. The molecule has 2 amide bonds. The zero-order valence-electron chi connectivity index (χ0n) is 14.4. The minimum absolute atomic E-state index is 0.000885. The van der Waals surface area contributed by atoms with Gasteiger partial charge >= 0.3 is 0 Å². The van der Waals surface area contributed by atoms with E-state index < -0.39 is 0 Å². The molecule has 0 saturated carbocycles. The van der Waals surface area contributed by atoms with Gasteiger partial charge in [0.05, 0.1) is 0 Å². The number of pyridine rings is 1. The highest BCUT2D eigenvalue weighted by Crippen LogP contribution is 2.21. The van der Waals surface area contributed by atoms with E-state index in [2.05, 4.69) is 15.4 Å². The minimum atomic E-state index is -0.000885. The average molecular weight is 341 g/mol. The van der Waals surface area contributed by atoms with Crippen LogP contribution in [0.2, 0.25) is 0 Å². The van der Waals surface area contributed by atoms with Gasteiger partial charge in [0.1, 0.15) is 5.69 Å². The molecule has 0 aliphatic carbocycles. The van der Waals surface area contributed by atoms with Crippen LogP contribution in [0.4, 0.5) is 0 Å². The van der Waals surface area contributed by atoms with Crippen molar-refractivity contribution in [3.63, 3.8) is 0 Å². The lowest BCUT2D eigenvalue weighted by Crippen LogP contribution is -2.31. The number of aromatic nitrogens is 3. The van der Waals surface area contributed by atoms with Gasteiger partial charge in [-0.25, -0.2) is 0 Å². The standard InChI is InChI=1S/C18H23N5O2/c1-2-23-16(5-9-21-23)18(25)22-10-6-15(13-22)11-17(24)20-12-14-3-7-19-8-4-14/h3-5,7-9,15H,2,6,10-13H2,1H3,(H,20,24). The fourth-order valence-corrected chi connectivity index (χ4v) is 3.15. The predicted molar refractivity (Wildman–Crippen MR) is 92.6 cm³/mol. The third-order valence-corrected chi connectivity index (χ3v) is 4.52. The summed E-state index contributed by atoms with van der Waals surface area (Å²) < 4.78 is 1.71. The zero-order chi connectivity index (χ0) is 17.6. The number of nitrogens with one attached hydrogen (secondary N) is 1. The van der Waals surface area contributed by atoms with Gasteiger partial charge in [-0.1, -0.05) is 0 Å². The molecule has 7 heteroatoms. The number of hydrogen-bond donors (Lipinski definition) is 1. The number of hydrogen-bond acceptors (Lipinski definition) is 4. The van der Waals surface area contributed by atoms with Crippen molar-refractivity contribution in [3.8, 4) is 0 Å². The number of nitrogens with zero attached hydrogens (tertiary/aromatic N) is 4. The molecule has 1 atom stereocenters. The summed E-state index contributed by atoms with van der Waals surface area (Å²) in [6.07, 6.45) is 6.37. The zero-order valence-corrected chi connectivity index (χ0v) is 14.4. The molecular weight excluding hydrogens is 318 g/mol. The first kappa shape index (κ1) is 17.1. The quantitative estimate of drug-likeness (QED) is 0.863. The maximum absolute atomic E-state index is 12.6. The Morgan fingerprint density at radius 3 is 2.80 bits per heavy atom. The summed E-state index contributed by atoms with van der Waals surface area (Å²) in [5.41, 5.74) is 1.64. The van der Waals surface area contributed by atoms with Crippen LogP contribution in [0.5, 0.6) is 0 Å². The van der Waals surface area contributed by atoms with E-state index >= 15 is 0 Å². The largest absolute Gasteiger partial charge is 0.352 e. The summed E-state index contributed by atoms with van der Waals surface area (Å²) in [7, 11) is 0. The van der Waals surface area contributed by atoms with Crippen LogP contribution in [0.1, 0.15) is 35.8 Å². The molecule has 7 nitrogen and oxygen atoms in total. The van der Waals surface area contributed by atoms with Crippen molar-refractivity contribution in [2.75, 3.05) is 13.1 Å². The second kappa shape index (κ2) is 7.92. The van der Waals surface area contributed by atoms with Gasteiger partial charge in [-0.15, -0.1) is 0 Å². The van der Waals surface area contributed by atoms with Gasteiger partial charge in [0, 0.05) is 51.2 Å². The summed E-state index contributed by atoms with van der Waals surface area (Å²) >= 11 is 0. The van der Waals surface area contributed by atoms with Crippen molar-refractivity contribution in [1.82, 2.24) is 25.0 Å². The molecule has 1 saturated heterocycles. The van der Waals surface area contributed by atoms with E-state index in [1.807, 2.05) is 24.0 Å². The van der Waals surface area contributed by atoms with E-state index in [4.69, 9.17) is 0 Å². The molecule has 1 aliphatic heterocycles. The molecule has 0 radical (unpaired) electrons. The Labute approximate surface area is 147 Å². The van der Waals surface area contributed by atoms with Crippen LogP contribution in [0.15, 0.2) is 36.8 Å². The van der Waals surface area contributed by atoms with Gasteiger partial charge in [0.15, 0.2) is 0 Å². The SMILES string of the molecule is CCn1nccc1C(=O)N1CCC(CC(=O)NCc2ccncc2)C1. The van der Waals surface area contributed by atoms with E-state index in [0.717, 1.165) is 12.0 Å². The smallest absolute Gasteiger partial charge is 0.272 e. The highest BCUT2D eigenvalue weighted by atomic mass is 16.2. The molecule has 25 heavy (non-hydrogen) atoms. The Morgan fingerprint density at radius 1 is 1.24 bits per heavy atom. The third kappa shape index (κ3) is 4.23. The lowest BCUT2D eigenvalue weighted by molar-refractivity contribution is -0.122. The van der Waals surface area contributed by atoms with Crippen molar-refractivity contribution in [2.24, 2.45) is 5.92 Å². The van der Waals surface area contributed by atoms with Crippen LogP contribution in [0, 0.1) is 5.92 Å². The van der Waals surface area contributed by atoms with Gasteiger partial charge < -0.3 is 10.2 Å². The molecule has 2 aromatic rings. The van der Waals surface area contributed by atoms with E-state index in [1.54, 1.807) is 29.3 Å². The molecule has 0 spiro atoms. The first-order valence-electron chi connectivity index (χ1n) is 8.64. The van der Waals surface area contributed by atoms with Crippen LogP contribution in [0.25, 0.3) is 0 Å². The first-order chi connectivity index (χ1) is 12.2. The monoisotopic (exact) mass is 341 g/mol. The van der Waals surface area contributed by atoms with Gasteiger partial charge in [0.25, 0.3) is 5.91 Å². The van der Waals surface area contributed by atoms with E-state index in [-0.39, 0.29) is 17.7 Å². The van der Waals surface area contributed by atoms with Gasteiger partial charge in [-0.2, -0.15) is 5.10 Å². The summed E-state index contributed by atoms with van der Waals surface area (Å²) in [5.74, 6) is 0.230. The van der Waals surface area contributed by atoms with Crippen molar-refractivity contribution in [2.45, 2.75) is 32.9 Å². The molecule has 1 unspecified atom stereocenters. The first-order valence-corrected chi connectivity index (χ1v) is 8.64. The number of likely N-dealkylation sites (tertiary alicyclic amines) is 1. The topological polar surface area (TPSA) is 80.1 Å². The Kier molecular flexibility index (Phi) is 5.42. The molecule has 3 heterocycles. The maximum Gasteiger partial charge on any atom is 0.272 e. The second-order valence-electron chi connectivity index (χ2n) is 6.27. The number of carbonyl (C=O) groups is 2. The fourth-order valence-electron chi connectivity index (χ4n) is 3.15. The number of aryl methyl sites for hydroxylation is 1. The Balaban J connectivity index is 1.48. The van der Waals surface area contributed by atoms with Gasteiger partial charge in [-0.3, -0.25) is 19.3 Å². The van der Waals surface area contributed by atoms with Crippen molar-refractivity contribution >= 4 is 11.8 Å². The molecule has 3 rings (SSSR count). The highest BCUT2D eigenvalue weighted by molar-refractivity contribution is 5.92. The maximum atomic E-state index is 12.6. The molecule has 2 aromatic heterocycles. The Bertz CT molecular complexity index is 728. The van der Waals surface area contributed by atoms with Crippen molar-refractivity contribution < 1.29 is 9.59 Å². The summed E-state index contributed by atoms with van der Waals surface area (Å²) in [4.78, 5) is 30.5. The summed E-state index contributed by atoms with van der Waals surface area (Å²) in [6.45, 7) is 4.45. The second-order valence-corrected chi connectivity index (χ2v) is 6.27. The van der Waals surface area contributed by atoms with E-state index in [0.29, 0.717) is 38.3 Å². The van der Waals surface area contributed by atoms with Crippen LogP contribution >= 0.6 is 0 Å². The highest BCUT2D eigenvalue weighted by Gasteiger charge is 2.29. The average Bonchev–Trinajstić information content (AvgIpc) is 3.29. The minimum Gasteiger partial charge on any atom is -0.352 e. The predicted octanol–water partition coefficient (Wildman–Crippen LogP) is 1.47. The molecule has 1 aliphatic rings. The van der Waals surface area contributed by atoms with Crippen molar-refractivity contribution in [1.29, 1.82) is 0 Å². The number of amides is 2. The lowest BCUT2D eigenvalue weighted by atomic mass is 10.0. The Hall–Kier alpha value is -2.70. The summed E-state index contributed by atoms with van der Waals surface area (Å²) in [6, 6.07) is 5.51. The van der Waals surface area contributed by atoms with Crippen LogP contribution in [-0.2, 0) is 17.9 Å². The van der Waals surface area contributed by atoms with Gasteiger partial charge in [-0.05, 0) is 43.0 Å². The lowest BCUT2D eigenvalue weighted by Gasteiger charge is -2.17. The summed E-state index contributed by atoms with van der Waals surface area (Å²) in [5, 5.41) is 7.08. The molecule has 1 N–H and O–H groups in total. The van der Waals surface area contributed by atoms with Crippen LogP contribution in [-0.4, -0.2) is 44.6 Å². The normalized spacial score (nSPS) is 16.8. The molecule has 0 bridgehead atoms. The number of carbonyl (C=O) groups excluding carboxylic acids is 2.